The quantitative estimate of drug-likeness (QED) is 0.746. The molecule has 2 N–H and O–H groups in total. The van der Waals surface area contributed by atoms with Gasteiger partial charge in [-0.2, -0.15) is 13.2 Å². The summed E-state index contributed by atoms with van der Waals surface area (Å²) in [5.41, 5.74) is -1.17. The normalized spacial score (nSPS) is 16.0. The Hall–Kier alpha value is -2.36. The number of amides is 1. The van der Waals surface area contributed by atoms with Crippen LogP contribution in [-0.4, -0.2) is 32.2 Å². The number of pyridine rings is 1. The van der Waals surface area contributed by atoms with E-state index in [1.54, 1.807) is 5.10 Å². The third-order valence-corrected chi connectivity index (χ3v) is 5.07. The molecule has 1 fully saturated rings. The van der Waals surface area contributed by atoms with Crippen LogP contribution >= 0.6 is 11.6 Å². The number of hydrogen-bond donors (Lipinski definition) is 2. The highest BCUT2D eigenvalue weighted by Crippen LogP contribution is 2.28. The maximum Gasteiger partial charge on any atom is 0.452 e. The smallest absolute Gasteiger partial charge is 0.352 e. The van der Waals surface area contributed by atoms with Gasteiger partial charge in [0.2, 0.25) is 5.82 Å². The fraction of sp³-hybridized carbons (Fsp3) is 0.529. The number of aromatic amines is 1. The minimum atomic E-state index is -4.87. The lowest BCUT2D eigenvalue weighted by Gasteiger charge is -2.15. The molecule has 0 aliphatic heterocycles. The molecule has 7 nitrogen and oxygen atoms in total. The Balaban J connectivity index is 1.83. The summed E-state index contributed by atoms with van der Waals surface area (Å²) >= 11 is 6.01. The number of nitrogens with one attached hydrogen (secondary N) is 2. The molecule has 2 heterocycles. The SMILES string of the molecule is O=C(NCC1CCCCCC1)c1cc(-n2c(C(F)(F)F)n[nH]c2=O)ncc1Cl. The molecule has 11 heteroatoms. The van der Waals surface area contributed by atoms with E-state index in [-0.39, 0.29) is 15.2 Å². The van der Waals surface area contributed by atoms with E-state index in [1.807, 2.05) is 0 Å². The summed E-state index contributed by atoms with van der Waals surface area (Å²) in [6, 6.07) is 1.05. The van der Waals surface area contributed by atoms with E-state index < -0.39 is 29.4 Å². The van der Waals surface area contributed by atoms with Crippen LogP contribution in [0.4, 0.5) is 13.2 Å². The Bertz CT molecular complexity index is 901. The average molecular weight is 418 g/mol. The van der Waals surface area contributed by atoms with Gasteiger partial charge in [-0.05, 0) is 24.8 Å². The Morgan fingerprint density at radius 3 is 2.61 bits per heavy atom. The van der Waals surface area contributed by atoms with Crippen LogP contribution in [0.3, 0.4) is 0 Å². The highest BCUT2D eigenvalue weighted by atomic mass is 35.5. The molecule has 152 valence electrons. The minimum absolute atomic E-state index is 0.0211. The van der Waals surface area contributed by atoms with Gasteiger partial charge in [0.1, 0.15) is 5.82 Å². The Labute approximate surface area is 163 Å². The summed E-state index contributed by atoms with van der Waals surface area (Å²) in [6.07, 6.45) is 2.81. The molecule has 0 bridgehead atoms. The van der Waals surface area contributed by atoms with Crippen molar-refractivity contribution in [3.05, 3.63) is 39.2 Å². The van der Waals surface area contributed by atoms with E-state index >= 15 is 0 Å². The van der Waals surface area contributed by atoms with Crippen LogP contribution in [0, 0.1) is 5.92 Å². The first-order valence-corrected chi connectivity index (χ1v) is 9.34. The van der Waals surface area contributed by atoms with Crippen molar-refractivity contribution in [2.24, 2.45) is 5.92 Å². The highest BCUT2D eigenvalue weighted by Gasteiger charge is 2.39. The molecule has 3 rings (SSSR count). The topological polar surface area (TPSA) is 92.7 Å². The lowest BCUT2D eigenvalue weighted by atomic mass is 10.0. The zero-order chi connectivity index (χ0) is 20.3. The van der Waals surface area contributed by atoms with E-state index in [1.165, 1.54) is 12.8 Å². The van der Waals surface area contributed by atoms with Crippen molar-refractivity contribution in [3.63, 3.8) is 0 Å². The van der Waals surface area contributed by atoms with Gasteiger partial charge in [-0.15, -0.1) is 5.10 Å². The van der Waals surface area contributed by atoms with Crippen LogP contribution in [0.5, 0.6) is 0 Å². The van der Waals surface area contributed by atoms with Crippen molar-refractivity contribution in [2.45, 2.75) is 44.7 Å². The number of hydrogen-bond acceptors (Lipinski definition) is 4. The molecule has 2 aromatic rings. The first-order chi connectivity index (χ1) is 13.3. The molecular formula is C17H19ClF3N5O2. The van der Waals surface area contributed by atoms with Crippen molar-refractivity contribution in [1.29, 1.82) is 0 Å². The molecule has 28 heavy (non-hydrogen) atoms. The van der Waals surface area contributed by atoms with Crippen molar-refractivity contribution in [1.82, 2.24) is 25.1 Å². The molecule has 1 aliphatic carbocycles. The van der Waals surface area contributed by atoms with Crippen LogP contribution in [-0.2, 0) is 6.18 Å². The van der Waals surface area contributed by atoms with Crippen LogP contribution in [0.15, 0.2) is 17.1 Å². The monoisotopic (exact) mass is 417 g/mol. The molecule has 1 amide bonds. The van der Waals surface area contributed by atoms with Gasteiger partial charge in [0.25, 0.3) is 5.91 Å². The first kappa shape index (κ1) is 20.4. The average Bonchev–Trinajstić information content (AvgIpc) is 2.87. The summed E-state index contributed by atoms with van der Waals surface area (Å²) < 4.78 is 39.5. The molecule has 0 atom stereocenters. The van der Waals surface area contributed by atoms with Crippen molar-refractivity contribution in [2.75, 3.05) is 6.54 Å². The number of nitrogens with zero attached hydrogens (tertiary/aromatic N) is 3. The van der Waals surface area contributed by atoms with Crippen LogP contribution < -0.4 is 11.0 Å². The lowest BCUT2D eigenvalue weighted by molar-refractivity contribution is -0.146. The van der Waals surface area contributed by atoms with E-state index in [0.717, 1.165) is 37.9 Å². The van der Waals surface area contributed by atoms with Gasteiger partial charge < -0.3 is 5.32 Å². The predicted molar refractivity (Wildman–Crippen MR) is 95.5 cm³/mol. The maximum atomic E-state index is 13.1. The summed E-state index contributed by atoms with van der Waals surface area (Å²) in [4.78, 5) is 28.1. The fourth-order valence-electron chi connectivity index (χ4n) is 3.32. The summed E-state index contributed by atoms with van der Waals surface area (Å²) in [5.74, 6) is -2.02. The standard InChI is InChI=1S/C17H19ClF3N5O2/c18-12-9-22-13(26-15(17(19,20)21)24-25-16(26)28)7-11(12)14(27)23-8-10-5-3-1-2-4-6-10/h7,9-10H,1-6,8H2,(H,23,27)(H,25,28). The summed E-state index contributed by atoms with van der Waals surface area (Å²) in [7, 11) is 0. The molecule has 0 spiro atoms. The van der Waals surface area contributed by atoms with Crippen LogP contribution in [0.1, 0.15) is 54.7 Å². The molecule has 1 aliphatic rings. The summed E-state index contributed by atoms with van der Waals surface area (Å²) in [5, 5.41) is 7.50. The number of carbonyl (C=O) groups excluding carboxylic acids is 1. The minimum Gasteiger partial charge on any atom is -0.352 e. The number of carbonyl (C=O) groups is 1. The number of aromatic nitrogens is 4. The molecule has 0 aromatic carbocycles. The largest absolute Gasteiger partial charge is 0.452 e. The van der Waals surface area contributed by atoms with Crippen LogP contribution in [0.25, 0.3) is 5.82 Å². The zero-order valence-corrected chi connectivity index (χ0v) is 15.6. The number of H-pyrrole nitrogens is 1. The van der Waals surface area contributed by atoms with Crippen molar-refractivity contribution >= 4 is 17.5 Å². The number of halogens is 4. The first-order valence-electron chi connectivity index (χ1n) is 8.96. The van der Waals surface area contributed by atoms with Crippen molar-refractivity contribution in [3.8, 4) is 5.82 Å². The lowest BCUT2D eigenvalue weighted by Crippen LogP contribution is -2.30. The predicted octanol–water partition coefficient (Wildman–Crippen LogP) is 3.33. The molecule has 2 aromatic heterocycles. The Morgan fingerprint density at radius 1 is 1.29 bits per heavy atom. The van der Waals surface area contributed by atoms with Gasteiger partial charge in [0.05, 0.1) is 10.6 Å². The third-order valence-electron chi connectivity index (χ3n) is 4.77. The second kappa shape index (κ2) is 8.34. The van der Waals surface area contributed by atoms with Gasteiger partial charge in [-0.1, -0.05) is 37.3 Å². The fourth-order valence-corrected chi connectivity index (χ4v) is 3.51. The Morgan fingerprint density at radius 2 is 1.96 bits per heavy atom. The van der Waals surface area contributed by atoms with Crippen LogP contribution in [0.2, 0.25) is 5.02 Å². The van der Waals surface area contributed by atoms with Gasteiger partial charge in [-0.3, -0.25) is 4.79 Å². The zero-order valence-electron chi connectivity index (χ0n) is 14.9. The number of rotatable bonds is 4. The maximum absolute atomic E-state index is 13.1. The van der Waals surface area contributed by atoms with Crippen molar-refractivity contribution < 1.29 is 18.0 Å². The van der Waals surface area contributed by atoms with Gasteiger partial charge in [0, 0.05) is 12.7 Å². The second-order valence-corrected chi connectivity index (χ2v) is 7.18. The van der Waals surface area contributed by atoms with Gasteiger partial charge >= 0.3 is 11.9 Å². The molecular weight excluding hydrogens is 399 g/mol. The second-order valence-electron chi connectivity index (χ2n) is 6.78. The molecule has 0 saturated heterocycles. The highest BCUT2D eigenvalue weighted by molar-refractivity contribution is 6.33. The molecule has 0 unspecified atom stereocenters. The van der Waals surface area contributed by atoms with Gasteiger partial charge in [-0.25, -0.2) is 19.4 Å². The Kier molecular flexibility index (Phi) is 6.07. The molecule has 1 saturated carbocycles. The van der Waals surface area contributed by atoms with Gasteiger partial charge in [0.15, 0.2) is 0 Å². The van der Waals surface area contributed by atoms with E-state index in [0.29, 0.717) is 12.5 Å². The molecule has 0 radical (unpaired) electrons. The number of alkyl halides is 3. The van der Waals surface area contributed by atoms with E-state index in [4.69, 9.17) is 11.6 Å². The van der Waals surface area contributed by atoms with E-state index in [9.17, 15) is 22.8 Å². The third kappa shape index (κ3) is 4.54. The summed E-state index contributed by atoms with van der Waals surface area (Å²) in [6.45, 7) is 0.465. The van der Waals surface area contributed by atoms with E-state index in [2.05, 4.69) is 15.4 Å².